The Balaban J connectivity index is 0.000000918. The molecular weight excluding hydrogens is 342 g/mol. The van der Waals surface area contributed by atoms with Crippen LogP contribution in [0, 0.1) is 16.7 Å². The second-order valence-corrected chi connectivity index (χ2v) is 5.51. The van der Waals surface area contributed by atoms with E-state index in [0.29, 0.717) is 0 Å². The maximum atomic E-state index is 12.6. The fraction of sp³-hybridized carbons (Fsp3) is 0.562. The van der Waals surface area contributed by atoms with Gasteiger partial charge in [0.1, 0.15) is 6.04 Å². The minimum absolute atomic E-state index is 0.0479. The fourth-order valence-electron chi connectivity index (χ4n) is 2.72. The second-order valence-electron chi connectivity index (χ2n) is 5.51. The molecule has 1 aromatic rings. The number of para-hydroxylation sites is 1. The van der Waals surface area contributed by atoms with Crippen LogP contribution in [0.2, 0.25) is 0 Å². The molecular formula is C16H27N5O5. The zero-order valence-electron chi connectivity index (χ0n) is 15.3. The first-order valence-corrected chi connectivity index (χ1v) is 8.25. The average molecular weight is 369 g/mol. The van der Waals surface area contributed by atoms with Gasteiger partial charge in [-0.2, -0.15) is 0 Å². The number of benzene rings is 1. The van der Waals surface area contributed by atoms with Crippen LogP contribution in [-0.4, -0.2) is 64.9 Å². The summed E-state index contributed by atoms with van der Waals surface area (Å²) in [6, 6.07) is 7.88. The number of carbonyl (C=O) groups is 1. The number of hydrogen-bond donors (Lipinski definition) is 3. The summed E-state index contributed by atoms with van der Waals surface area (Å²) in [5.41, 5.74) is 2.02. The van der Waals surface area contributed by atoms with Crippen molar-refractivity contribution in [3.63, 3.8) is 0 Å². The zero-order valence-corrected chi connectivity index (χ0v) is 15.3. The molecule has 1 aliphatic heterocycles. The molecule has 26 heavy (non-hydrogen) atoms. The lowest BCUT2D eigenvalue weighted by Crippen LogP contribution is -2.57. The van der Waals surface area contributed by atoms with Crippen molar-refractivity contribution in [3.8, 4) is 0 Å². The van der Waals surface area contributed by atoms with Crippen LogP contribution < -0.4 is 5.32 Å². The van der Waals surface area contributed by atoms with Crippen molar-refractivity contribution in [3.05, 3.63) is 39.6 Å². The first-order chi connectivity index (χ1) is 12.5. The van der Waals surface area contributed by atoms with Crippen molar-refractivity contribution in [2.75, 3.05) is 38.0 Å². The van der Waals surface area contributed by atoms with Crippen molar-refractivity contribution in [1.82, 2.24) is 9.80 Å². The average Bonchev–Trinajstić information content (AvgIpc) is 2.64. The van der Waals surface area contributed by atoms with Gasteiger partial charge in [0.15, 0.2) is 10.7 Å². The van der Waals surface area contributed by atoms with E-state index in [0.717, 1.165) is 44.0 Å². The van der Waals surface area contributed by atoms with Crippen molar-refractivity contribution in [1.29, 1.82) is 0 Å². The van der Waals surface area contributed by atoms with Gasteiger partial charge >= 0.3 is 0 Å². The number of nitrogens with zero attached hydrogens (tertiary/aromatic N) is 4. The highest BCUT2D eigenvalue weighted by atomic mass is 16.6. The maximum Gasteiger partial charge on any atom is 0.243 e. The molecule has 10 nitrogen and oxygen atoms in total. The van der Waals surface area contributed by atoms with Crippen LogP contribution in [0.1, 0.15) is 19.4 Å². The highest BCUT2D eigenvalue weighted by Crippen LogP contribution is 2.16. The molecule has 1 saturated heterocycles. The molecule has 10 heteroatoms. The largest absolute Gasteiger partial charge is 0.379 e. The van der Waals surface area contributed by atoms with Crippen LogP contribution in [0.3, 0.4) is 0 Å². The van der Waals surface area contributed by atoms with E-state index < -0.39 is 0 Å². The second kappa shape index (κ2) is 13.7. The minimum atomic E-state index is -0.0479. The lowest BCUT2D eigenvalue weighted by atomic mass is 10.1. The molecule has 2 rings (SSSR count). The number of piperazine rings is 1. The van der Waals surface area contributed by atoms with Crippen LogP contribution in [-0.2, 0) is 4.79 Å². The highest BCUT2D eigenvalue weighted by Gasteiger charge is 2.30. The summed E-state index contributed by atoms with van der Waals surface area (Å²) >= 11 is 0. The van der Waals surface area contributed by atoms with Gasteiger partial charge in [0.2, 0.25) is 5.91 Å². The highest BCUT2D eigenvalue weighted by molar-refractivity contribution is 5.95. The molecule has 0 aromatic heterocycles. The summed E-state index contributed by atoms with van der Waals surface area (Å²) in [6.07, 6.45) is 0. The molecule has 146 valence electrons. The van der Waals surface area contributed by atoms with Crippen LogP contribution in [0.25, 0.3) is 0 Å². The van der Waals surface area contributed by atoms with E-state index in [1.165, 1.54) is 10.7 Å². The van der Waals surface area contributed by atoms with E-state index in [2.05, 4.69) is 29.0 Å². The number of likely N-dealkylation sites (N-methyl/N-ethyl adjacent to an activating group) is 2. The molecule has 1 amide bonds. The number of amides is 1. The normalized spacial score (nSPS) is 17.0. The molecule has 1 atom stereocenters. The van der Waals surface area contributed by atoms with Crippen molar-refractivity contribution in [2.45, 2.75) is 26.8 Å². The predicted molar refractivity (Wildman–Crippen MR) is 98.1 cm³/mol. The van der Waals surface area contributed by atoms with Gasteiger partial charge in [-0.15, -0.1) is 9.81 Å². The lowest BCUT2D eigenvalue weighted by molar-refractivity contribution is -0.123. The van der Waals surface area contributed by atoms with E-state index in [1.807, 2.05) is 31.2 Å². The quantitative estimate of drug-likeness (QED) is 0.547. The van der Waals surface area contributed by atoms with Crippen molar-refractivity contribution < 1.29 is 15.2 Å². The van der Waals surface area contributed by atoms with Crippen molar-refractivity contribution >= 4 is 11.6 Å². The SMILES string of the molecule is CCN1CCN(CC)C(C(=O)Nc2ccccc2C)C1.O=NO.O=NO. The molecule has 1 aromatic carbocycles. The smallest absolute Gasteiger partial charge is 0.243 e. The molecule has 0 saturated carbocycles. The molecule has 1 aliphatic rings. The number of carbonyl (C=O) groups excluding carboxylic acids is 1. The predicted octanol–water partition coefficient (Wildman–Crippen LogP) is 2.24. The van der Waals surface area contributed by atoms with Gasteiger partial charge < -0.3 is 20.6 Å². The van der Waals surface area contributed by atoms with E-state index >= 15 is 0 Å². The van der Waals surface area contributed by atoms with Crippen LogP contribution >= 0.6 is 0 Å². The third-order valence-electron chi connectivity index (χ3n) is 4.13. The summed E-state index contributed by atoms with van der Waals surface area (Å²) in [6.45, 7) is 11.1. The monoisotopic (exact) mass is 369 g/mol. The molecule has 0 radical (unpaired) electrons. The van der Waals surface area contributed by atoms with Gasteiger partial charge in [-0.25, -0.2) is 0 Å². The van der Waals surface area contributed by atoms with Gasteiger partial charge in [-0.3, -0.25) is 9.69 Å². The molecule has 0 bridgehead atoms. The van der Waals surface area contributed by atoms with Crippen LogP contribution in [0.15, 0.2) is 34.9 Å². The summed E-state index contributed by atoms with van der Waals surface area (Å²) in [5.74, 6) is 0.110. The zero-order chi connectivity index (χ0) is 19.9. The van der Waals surface area contributed by atoms with Crippen molar-refractivity contribution in [2.24, 2.45) is 10.7 Å². The molecule has 0 spiro atoms. The first-order valence-electron chi connectivity index (χ1n) is 8.25. The van der Waals surface area contributed by atoms with Gasteiger partial charge in [0.05, 0.1) is 0 Å². The summed E-state index contributed by atoms with van der Waals surface area (Å²) in [5, 5.41) is 18.9. The summed E-state index contributed by atoms with van der Waals surface area (Å²) in [4.78, 5) is 33.4. The number of hydrogen-bond acceptors (Lipinski definition) is 7. The first kappa shape index (κ1) is 23.4. The lowest BCUT2D eigenvalue weighted by Gasteiger charge is -2.39. The van der Waals surface area contributed by atoms with Gasteiger partial charge in [-0.1, -0.05) is 32.0 Å². The molecule has 1 unspecified atom stereocenters. The number of rotatable bonds is 4. The molecule has 0 aliphatic carbocycles. The van der Waals surface area contributed by atoms with Crippen LogP contribution in [0.4, 0.5) is 5.69 Å². The van der Waals surface area contributed by atoms with E-state index in [1.54, 1.807) is 0 Å². The Kier molecular flexibility index (Phi) is 12.3. The minimum Gasteiger partial charge on any atom is -0.379 e. The Bertz CT molecular complexity index is 552. The van der Waals surface area contributed by atoms with Crippen LogP contribution in [0.5, 0.6) is 0 Å². The third-order valence-corrected chi connectivity index (χ3v) is 4.13. The Morgan fingerprint density at radius 2 is 1.73 bits per heavy atom. The van der Waals surface area contributed by atoms with E-state index in [-0.39, 0.29) is 11.9 Å². The third kappa shape index (κ3) is 7.99. The van der Waals surface area contributed by atoms with E-state index in [9.17, 15) is 4.79 Å². The van der Waals surface area contributed by atoms with Gasteiger partial charge in [0.25, 0.3) is 0 Å². The Hall–Kier alpha value is -2.59. The number of aryl methyl sites for hydroxylation is 1. The van der Waals surface area contributed by atoms with Gasteiger partial charge in [0, 0.05) is 25.3 Å². The Labute approximate surface area is 152 Å². The number of anilines is 1. The Morgan fingerprint density at radius 3 is 2.23 bits per heavy atom. The Morgan fingerprint density at radius 1 is 1.15 bits per heavy atom. The van der Waals surface area contributed by atoms with E-state index in [4.69, 9.17) is 20.2 Å². The van der Waals surface area contributed by atoms with Gasteiger partial charge in [-0.05, 0) is 31.6 Å². The fourth-order valence-corrected chi connectivity index (χ4v) is 2.72. The molecule has 3 N–H and O–H groups in total. The maximum absolute atomic E-state index is 12.6. The summed E-state index contributed by atoms with van der Waals surface area (Å²) < 4.78 is 0. The number of nitrogens with one attached hydrogen (secondary N) is 1. The topological polar surface area (TPSA) is 135 Å². The standard InChI is InChI=1S/C16H25N3O.2HNO2/c1-4-18-10-11-19(5-2)15(12-18)16(20)17-14-9-7-6-8-13(14)3;2*2-1-3/h6-9,15H,4-5,10-12H2,1-3H3,(H,17,20);2*(H,2,3). The molecule has 1 fully saturated rings. The summed E-state index contributed by atoms with van der Waals surface area (Å²) in [7, 11) is 0. The molecule has 1 heterocycles.